The van der Waals surface area contributed by atoms with E-state index in [4.69, 9.17) is 5.26 Å². The molecule has 100 valence electrons. The third kappa shape index (κ3) is 2.72. The van der Waals surface area contributed by atoms with Crippen LogP contribution in [0.2, 0.25) is 0 Å². The zero-order valence-electron chi connectivity index (χ0n) is 11.2. The molecule has 0 saturated heterocycles. The van der Waals surface area contributed by atoms with Crippen molar-refractivity contribution in [1.82, 2.24) is 10.2 Å². The first-order chi connectivity index (χ1) is 10.4. The molecular formula is C17H12N4. The zero-order chi connectivity index (χ0) is 14.5. The van der Waals surface area contributed by atoms with Gasteiger partial charge >= 0.3 is 0 Å². The van der Waals surface area contributed by atoms with E-state index in [1.165, 1.54) is 6.20 Å². The highest BCUT2D eigenvalue weighted by Crippen LogP contribution is 2.29. The van der Waals surface area contributed by atoms with Gasteiger partial charge in [-0.15, -0.1) is 5.10 Å². The maximum absolute atomic E-state index is 9.13. The van der Waals surface area contributed by atoms with E-state index >= 15 is 0 Å². The number of para-hydroxylation sites is 1. The molecule has 3 rings (SSSR count). The van der Waals surface area contributed by atoms with Crippen LogP contribution in [-0.4, -0.2) is 10.2 Å². The third-order valence-corrected chi connectivity index (χ3v) is 3.11. The highest BCUT2D eigenvalue weighted by molar-refractivity contribution is 5.81. The van der Waals surface area contributed by atoms with Crippen molar-refractivity contribution in [3.63, 3.8) is 0 Å². The van der Waals surface area contributed by atoms with E-state index in [9.17, 15) is 0 Å². The Labute approximate surface area is 122 Å². The van der Waals surface area contributed by atoms with Crippen molar-refractivity contribution in [3.05, 3.63) is 72.4 Å². The summed E-state index contributed by atoms with van der Waals surface area (Å²) in [5.41, 5.74) is 3.50. The van der Waals surface area contributed by atoms with Crippen LogP contribution in [-0.2, 0) is 0 Å². The van der Waals surface area contributed by atoms with Gasteiger partial charge in [0.25, 0.3) is 0 Å². The Morgan fingerprint density at radius 3 is 2.48 bits per heavy atom. The van der Waals surface area contributed by atoms with Crippen molar-refractivity contribution in [2.24, 2.45) is 0 Å². The molecule has 0 radical (unpaired) electrons. The van der Waals surface area contributed by atoms with Gasteiger partial charge in [0.1, 0.15) is 6.07 Å². The molecule has 0 unspecified atom stereocenters. The normalized spacial score (nSPS) is 9.86. The fourth-order valence-electron chi connectivity index (χ4n) is 2.10. The number of hydrogen-bond acceptors (Lipinski definition) is 4. The van der Waals surface area contributed by atoms with Crippen molar-refractivity contribution in [3.8, 4) is 17.2 Å². The number of nitriles is 1. The Bertz CT molecular complexity index is 791. The first kappa shape index (κ1) is 12.8. The lowest BCUT2D eigenvalue weighted by atomic mass is 10.0. The molecule has 0 saturated carbocycles. The van der Waals surface area contributed by atoms with Crippen LogP contribution < -0.4 is 5.32 Å². The van der Waals surface area contributed by atoms with Gasteiger partial charge in [0.05, 0.1) is 11.8 Å². The fourth-order valence-corrected chi connectivity index (χ4v) is 2.10. The van der Waals surface area contributed by atoms with Crippen LogP contribution in [0.4, 0.5) is 11.5 Å². The minimum absolute atomic E-state index is 0.461. The lowest BCUT2D eigenvalue weighted by Crippen LogP contribution is -1.99. The van der Waals surface area contributed by atoms with E-state index in [0.717, 1.165) is 16.8 Å². The van der Waals surface area contributed by atoms with Crippen molar-refractivity contribution in [2.45, 2.75) is 0 Å². The van der Waals surface area contributed by atoms with Gasteiger partial charge in [-0.25, -0.2) is 0 Å². The first-order valence-corrected chi connectivity index (χ1v) is 6.52. The Kier molecular flexibility index (Phi) is 3.57. The average Bonchev–Trinajstić information content (AvgIpc) is 2.57. The maximum Gasteiger partial charge on any atom is 0.171 e. The number of aromatic nitrogens is 2. The van der Waals surface area contributed by atoms with Crippen LogP contribution in [0, 0.1) is 11.3 Å². The molecule has 0 amide bonds. The van der Waals surface area contributed by atoms with Crippen LogP contribution in [0.3, 0.4) is 0 Å². The summed E-state index contributed by atoms with van der Waals surface area (Å²) in [5.74, 6) is 0.461. The minimum Gasteiger partial charge on any atom is -0.337 e. The van der Waals surface area contributed by atoms with Gasteiger partial charge in [0.15, 0.2) is 5.82 Å². The van der Waals surface area contributed by atoms with Gasteiger partial charge in [0, 0.05) is 11.3 Å². The number of nitrogens with one attached hydrogen (secondary N) is 1. The van der Waals surface area contributed by atoms with Crippen molar-refractivity contribution < 1.29 is 0 Å². The van der Waals surface area contributed by atoms with Gasteiger partial charge in [-0.2, -0.15) is 10.4 Å². The summed E-state index contributed by atoms with van der Waals surface area (Å²) in [6, 6.07) is 21.7. The smallest absolute Gasteiger partial charge is 0.171 e. The number of rotatable bonds is 3. The number of anilines is 2. The SMILES string of the molecule is N#Cc1ccnnc1Nc1ccccc1-c1ccccc1. The Morgan fingerprint density at radius 2 is 1.67 bits per heavy atom. The standard InChI is InChI=1S/C17H12N4/c18-12-14-10-11-19-21-17(14)20-16-9-5-4-8-15(16)13-6-2-1-3-7-13/h1-11H,(H,20,21). The van der Waals surface area contributed by atoms with E-state index in [2.05, 4.69) is 21.6 Å². The molecule has 4 nitrogen and oxygen atoms in total. The second-order valence-electron chi connectivity index (χ2n) is 4.44. The summed E-state index contributed by atoms with van der Waals surface area (Å²) < 4.78 is 0. The highest BCUT2D eigenvalue weighted by Gasteiger charge is 2.08. The maximum atomic E-state index is 9.13. The van der Waals surface area contributed by atoms with Crippen LogP contribution in [0.5, 0.6) is 0 Å². The third-order valence-electron chi connectivity index (χ3n) is 3.11. The second-order valence-corrected chi connectivity index (χ2v) is 4.44. The molecule has 0 atom stereocenters. The molecule has 0 bridgehead atoms. The largest absolute Gasteiger partial charge is 0.337 e. The van der Waals surface area contributed by atoms with Crippen molar-refractivity contribution in [2.75, 3.05) is 5.32 Å². The summed E-state index contributed by atoms with van der Waals surface area (Å²) >= 11 is 0. The Morgan fingerprint density at radius 1 is 0.905 bits per heavy atom. The van der Waals surface area contributed by atoms with Gasteiger partial charge in [-0.3, -0.25) is 0 Å². The Balaban J connectivity index is 2.03. The minimum atomic E-state index is 0.461. The number of nitrogens with zero attached hydrogens (tertiary/aromatic N) is 3. The second kappa shape index (κ2) is 5.85. The molecular weight excluding hydrogens is 260 g/mol. The summed E-state index contributed by atoms with van der Waals surface area (Å²) in [7, 11) is 0. The van der Waals surface area contributed by atoms with E-state index in [1.54, 1.807) is 6.07 Å². The van der Waals surface area contributed by atoms with E-state index in [-0.39, 0.29) is 0 Å². The molecule has 0 spiro atoms. The van der Waals surface area contributed by atoms with Crippen molar-refractivity contribution >= 4 is 11.5 Å². The van der Waals surface area contributed by atoms with E-state index in [1.807, 2.05) is 54.6 Å². The number of benzene rings is 2. The van der Waals surface area contributed by atoms with Crippen LogP contribution in [0.1, 0.15) is 5.56 Å². The lowest BCUT2D eigenvalue weighted by molar-refractivity contribution is 1.03. The molecule has 1 aromatic heterocycles. The molecule has 1 N–H and O–H groups in total. The van der Waals surface area contributed by atoms with Crippen molar-refractivity contribution in [1.29, 1.82) is 5.26 Å². The van der Waals surface area contributed by atoms with E-state index < -0.39 is 0 Å². The van der Waals surface area contributed by atoms with Crippen LogP contribution in [0.15, 0.2) is 66.9 Å². The average molecular weight is 272 g/mol. The summed E-state index contributed by atoms with van der Waals surface area (Å²) in [6.07, 6.45) is 1.51. The molecule has 21 heavy (non-hydrogen) atoms. The monoisotopic (exact) mass is 272 g/mol. The summed E-state index contributed by atoms with van der Waals surface area (Å²) in [4.78, 5) is 0. The Hall–Kier alpha value is -3.19. The predicted octanol–water partition coefficient (Wildman–Crippen LogP) is 3.76. The summed E-state index contributed by atoms with van der Waals surface area (Å²) in [5, 5.41) is 20.1. The quantitative estimate of drug-likeness (QED) is 0.788. The molecule has 1 heterocycles. The zero-order valence-corrected chi connectivity index (χ0v) is 11.2. The van der Waals surface area contributed by atoms with Crippen LogP contribution in [0.25, 0.3) is 11.1 Å². The number of hydrogen-bond donors (Lipinski definition) is 1. The molecule has 3 aromatic rings. The molecule has 4 heteroatoms. The van der Waals surface area contributed by atoms with Gasteiger partial charge in [-0.05, 0) is 17.7 Å². The molecule has 0 fully saturated rings. The molecule has 0 aliphatic rings. The predicted molar refractivity (Wildman–Crippen MR) is 81.9 cm³/mol. The summed E-state index contributed by atoms with van der Waals surface area (Å²) in [6.45, 7) is 0. The van der Waals surface area contributed by atoms with Crippen LogP contribution >= 0.6 is 0 Å². The fraction of sp³-hybridized carbons (Fsp3) is 0. The highest BCUT2D eigenvalue weighted by atomic mass is 15.2. The lowest BCUT2D eigenvalue weighted by Gasteiger charge is -2.11. The van der Waals surface area contributed by atoms with Gasteiger partial charge in [-0.1, -0.05) is 48.5 Å². The van der Waals surface area contributed by atoms with Gasteiger partial charge < -0.3 is 5.32 Å². The molecule has 0 aliphatic heterocycles. The van der Waals surface area contributed by atoms with E-state index in [0.29, 0.717) is 11.4 Å². The first-order valence-electron chi connectivity index (χ1n) is 6.52. The van der Waals surface area contributed by atoms with Gasteiger partial charge in [0.2, 0.25) is 0 Å². The topological polar surface area (TPSA) is 61.6 Å². The molecule has 0 aliphatic carbocycles. The molecule has 2 aromatic carbocycles.